The molecule has 3 atom stereocenters. The van der Waals surface area contributed by atoms with E-state index in [9.17, 15) is 18.3 Å². The number of halogens is 3. The Morgan fingerprint density at radius 2 is 1.95 bits per heavy atom. The van der Waals surface area contributed by atoms with E-state index in [-0.39, 0.29) is 25.3 Å². The first-order chi connectivity index (χ1) is 8.77. The molecule has 1 aliphatic rings. The Balaban J connectivity index is 2.86. The van der Waals surface area contributed by atoms with E-state index < -0.39 is 24.2 Å². The molecule has 0 amide bonds. The lowest BCUT2D eigenvalue weighted by molar-refractivity contribution is -0.207. The maximum Gasteiger partial charge on any atom is 0.393 e. The van der Waals surface area contributed by atoms with E-state index in [4.69, 9.17) is 4.74 Å². The molecule has 6 heteroatoms. The zero-order chi connectivity index (χ0) is 14.6. The van der Waals surface area contributed by atoms with Gasteiger partial charge in [-0.3, -0.25) is 4.90 Å². The molecule has 1 N–H and O–H groups in total. The van der Waals surface area contributed by atoms with E-state index in [1.807, 2.05) is 18.7 Å². The number of aliphatic hydroxyl groups excluding tert-OH is 1. The van der Waals surface area contributed by atoms with Gasteiger partial charge in [-0.25, -0.2) is 0 Å². The Labute approximate surface area is 112 Å². The second-order valence-corrected chi connectivity index (χ2v) is 5.51. The minimum atomic E-state index is -4.20. The number of hydrogen-bond donors (Lipinski definition) is 1. The van der Waals surface area contributed by atoms with Crippen LogP contribution in [0, 0.1) is 5.92 Å². The van der Waals surface area contributed by atoms with Crippen molar-refractivity contribution in [3.63, 3.8) is 0 Å². The second kappa shape index (κ2) is 6.90. The third-order valence-corrected chi connectivity index (χ3v) is 3.85. The van der Waals surface area contributed by atoms with Crippen molar-refractivity contribution in [1.82, 2.24) is 4.90 Å². The van der Waals surface area contributed by atoms with Crippen LogP contribution in [0.1, 0.15) is 33.1 Å². The van der Waals surface area contributed by atoms with Gasteiger partial charge in [0, 0.05) is 25.7 Å². The standard InChI is InChI=1S/C13H24F3NO2/c1-9(2)17(6-7-19-3)12-8-10(18)4-5-11(12)13(14,15)16/h9-12,18H,4-8H2,1-3H3. The highest BCUT2D eigenvalue weighted by Crippen LogP contribution is 2.40. The SMILES string of the molecule is COCCN(C(C)C)C1CC(O)CCC1C(F)(F)F. The molecular weight excluding hydrogens is 259 g/mol. The largest absolute Gasteiger partial charge is 0.393 e. The third kappa shape index (κ3) is 4.61. The van der Waals surface area contributed by atoms with Gasteiger partial charge in [-0.15, -0.1) is 0 Å². The molecule has 0 aliphatic heterocycles. The quantitative estimate of drug-likeness (QED) is 0.841. The highest BCUT2D eigenvalue weighted by molar-refractivity contribution is 4.91. The number of aliphatic hydroxyl groups is 1. The molecule has 1 aliphatic carbocycles. The lowest BCUT2D eigenvalue weighted by Gasteiger charge is -2.44. The van der Waals surface area contributed by atoms with Crippen molar-refractivity contribution in [2.75, 3.05) is 20.3 Å². The van der Waals surface area contributed by atoms with Crippen LogP contribution >= 0.6 is 0 Å². The van der Waals surface area contributed by atoms with E-state index in [1.165, 1.54) is 7.11 Å². The number of ether oxygens (including phenoxy) is 1. The minimum Gasteiger partial charge on any atom is -0.393 e. The molecule has 1 saturated carbocycles. The van der Waals surface area contributed by atoms with E-state index in [2.05, 4.69) is 0 Å². The molecule has 0 saturated heterocycles. The summed E-state index contributed by atoms with van der Waals surface area (Å²) in [6, 6.07) is -0.658. The first-order valence-corrected chi connectivity index (χ1v) is 6.76. The highest BCUT2D eigenvalue weighted by atomic mass is 19.4. The molecule has 3 nitrogen and oxygen atoms in total. The summed E-state index contributed by atoms with van der Waals surface area (Å²) < 4.78 is 44.4. The van der Waals surface area contributed by atoms with Gasteiger partial charge in [0.15, 0.2) is 0 Å². The normalized spacial score (nSPS) is 29.2. The summed E-state index contributed by atoms with van der Waals surface area (Å²) in [6.07, 6.45) is -4.41. The Kier molecular flexibility index (Phi) is 6.08. The monoisotopic (exact) mass is 283 g/mol. The average molecular weight is 283 g/mol. The summed E-state index contributed by atoms with van der Waals surface area (Å²) in [7, 11) is 1.54. The van der Waals surface area contributed by atoms with Crippen LogP contribution in [0.2, 0.25) is 0 Å². The van der Waals surface area contributed by atoms with Crippen LogP contribution in [0.4, 0.5) is 13.2 Å². The summed E-state index contributed by atoms with van der Waals surface area (Å²) in [4.78, 5) is 1.81. The van der Waals surface area contributed by atoms with Crippen molar-refractivity contribution in [2.24, 2.45) is 5.92 Å². The summed E-state index contributed by atoms with van der Waals surface area (Å²) in [5.74, 6) is -1.35. The number of rotatable bonds is 5. The molecule has 1 fully saturated rings. The molecule has 0 radical (unpaired) electrons. The van der Waals surface area contributed by atoms with Crippen molar-refractivity contribution in [3.8, 4) is 0 Å². The van der Waals surface area contributed by atoms with Crippen LogP contribution in [0.3, 0.4) is 0 Å². The number of nitrogens with zero attached hydrogens (tertiary/aromatic N) is 1. The molecule has 19 heavy (non-hydrogen) atoms. The molecule has 0 aromatic carbocycles. The van der Waals surface area contributed by atoms with Crippen molar-refractivity contribution >= 4 is 0 Å². The molecular formula is C13H24F3NO2. The van der Waals surface area contributed by atoms with Crippen molar-refractivity contribution in [1.29, 1.82) is 0 Å². The molecule has 3 unspecified atom stereocenters. The molecule has 0 bridgehead atoms. The lowest BCUT2D eigenvalue weighted by atomic mass is 9.81. The predicted molar refractivity (Wildman–Crippen MR) is 66.9 cm³/mol. The fraction of sp³-hybridized carbons (Fsp3) is 1.00. The van der Waals surface area contributed by atoms with Crippen molar-refractivity contribution in [3.05, 3.63) is 0 Å². The van der Waals surface area contributed by atoms with Crippen molar-refractivity contribution < 1.29 is 23.0 Å². The van der Waals surface area contributed by atoms with E-state index in [1.54, 1.807) is 0 Å². The van der Waals surface area contributed by atoms with E-state index in [0.29, 0.717) is 13.2 Å². The van der Waals surface area contributed by atoms with Crippen LogP contribution < -0.4 is 0 Å². The minimum absolute atomic E-state index is 0.00435. The van der Waals surface area contributed by atoms with Crippen LogP contribution in [0.15, 0.2) is 0 Å². The highest BCUT2D eigenvalue weighted by Gasteiger charge is 2.49. The summed E-state index contributed by atoms with van der Waals surface area (Å²) in [5, 5.41) is 9.69. The Morgan fingerprint density at radius 1 is 1.32 bits per heavy atom. The molecule has 114 valence electrons. The smallest absolute Gasteiger partial charge is 0.393 e. The maximum atomic E-state index is 13.1. The Hall–Kier alpha value is -0.330. The molecule has 1 rings (SSSR count). The number of hydrogen-bond acceptors (Lipinski definition) is 3. The van der Waals surface area contributed by atoms with Gasteiger partial charge in [-0.05, 0) is 33.1 Å². The van der Waals surface area contributed by atoms with Crippen LogP contribution in [0.25, 0.3) is 0 Å². The second-order valence-electron chi connectivity index (χ2n) is 5.51. The van der Waals surface area contributed by atoms with Gasteiger partial charge in [0.2, 0.25) is 0 Å². The van der Waals surface area contributed by atoms with Gasteiger partial charge in [0.05, 0.1) is 18.6 Å². The van der Waals surface area contributed by atoms with E-state index in [0.717, 1.165) is 0 Å². The van der Waals surface area contributed by atoms with E-state index >= 15 is 0 Å². The van der Waals surface area contributed by atoms with Crippen LogP contribution in [-0.2, 0) is 4.74 Å². The Morgan fingerprint density at radius 3 is 2.42 bits per heavy atom. The van der Waals surface area contributed by atoms with Gasteiger partial charge >= 0.3 is 6.18 Å². The summed E-state index contributed by atoms with van der Waals surface area (Å²) >= 11 is 0. The van der Waals surface area contributed by atoms with Crippen LogP contribution in [0.5, 0.6) is 0 Å². The third-order valence-electron chi connectivity index (χ3n) is 3.85. The predicted octanol–water partition coefficient (Wildman–Crippen LogP) is 2.44. The lowest BCUT2D eigenvalue weighted by Crippen LogP contribution is -2.53. The van der Waals surface area contributed by atoms with Gasteiger partial charge in [0.1, 0.15) is 0 Å². The Bertz CT molecular complexity index is 271. The average Bonchev–Trinajstić information content (AvgIpc) is 2.27. The first-order valence-electron chi connectivity index (χ1n) is 6.76. The maximum absolute atomic E-state index is 13.1. The fourth-order valence-corrected chi connectivity index (χ4v) is 2.88. The summed E-state index contributed by atoms with van der Waals surface area (Å²) in [6.45, 7) is 4.61. The zero-order valence-corrected chi connectivity index (χ0v) is 11.8. The molecule has 0 aromatic rings. The number of methoxy groups -OCH3 is 1. The molecule has 0 heterocycles. The summed E-state index contributed by atoms with van der Waals surface area (Å²) in [5.41, 5.74) is 0. The number of alkyl halides is 3. The van der Waals surface area contributed by atoms with Gasteiger partial charge in [0.25, 0.3) is 0 Å². The van der Waals surface area contributed by atoms with Crippen LogP contribution in [-0.4, -0.2) is 54.6 Å². The van der Waals surface area contributed by atoms with Crippen molar-refractivity contribution in [2.45, 2.75) is 57.5 Å². The topological polar surface area (TPSA) is 32.7 Å². The van der Waals surface area contributed by atoms with Gasteiger partial charge < -0.3 is 9.84 Å². The zero-order valence-electron chi connectivity index (χ0n) is 11.8. The molecule has 0 aromatic heterocycles. The molecule has 0 spiro atoms. The van der Waals surface area contributed by atoms with Gasteiger partial charge in [-0.2, -0.15) is 13.2 Å². The first kappa shape index (κ1) is 16.7. The van der Waals surface area contributed by atoms with Gasteiger partial charge in [-0.1, -0.05) is 0 Å². The fourth-order valence-electron chi connectivity index (χ4n) is 2.88.